The Labute approximate surface area is 431 Å². The molecule has 2 radical (unpaired) electrons. The number of amides is 4. The van der Waals surface area contributed by atoms with Crippen LogP contribution in [0.2, 0.25) is 0 Å². The Bertz CT molecular complexity index is 1970. The van der Waals surface area contributed by atoms with Crippen LogP contribution in [-0.4, -0.2) is 145 Å². The number of carboxylic acids is 4. The number of nitrogens with zero attached hydrogens (tertiary/aromatic N) is 8. The van der Waals surface area contributed by atoms with Crippen LogP contribution in [0.1, 0.15) is 0 Å². The maximum Gasteiger partial charge on any atom is 2.00 e. The van der Waals surface area contributed by atoms with Gasteiger partial charge in [0.05, 0.1) is 74.7 Å². The first-order valence-corrected chi connectivity index (χ1v) is 21.4. The number of hydrogen-bond donors (Lipinski definition) is 0. The van der Waals surface area contributed by atoms with Gasteiger partial charge < -0.3 is 59.2 Å². The summed E-state index contributed by atoms with van der Waals surface area (Å²) in [6.45, 7) is 0. The van der Waals surface area contributed by atoms with E-state index in [9.17, 15) is 58.8 Å². The molecule has 0 bridgehead atoms. The van der Waals surface area contributed by atoms with E-state index in [2.05, 4.69) is 19.9 Å². The van der Waals surface area contributed by atoms with Crippen LogP contribution in [0.4, 0.5) is 0 Å². The molecular formula is C42H44Cu2N8O12S4. The first kappa shape index (κ1) is 66.3. The molecular weight excluding hydrogens is 1060 g/mol. The van der Waals surface area contributed by atoms with E-state index >= 15 is 0 Å². The molecule has 0 aromatic carbocycles. The molecule has 20 nitrogen and oxygen atoms in total. The van der Waals surface area contributed by atoms with Gasteiger partial charge in [0.15, 0.2) is 0 Å². The number of carbonyl (C=O) groups excluding carboxylic acids is 8. The molecule has 0 saturated carbocycles. The van der Waals surface area contributed by atoms with Gasteiger partial charge in [0.1, 0.15) is 0 Å². The van der Waals surface area contributed by atoms with E-state index in [0.717, 1.165) is 48.4 Å². The van der Waals surface area contributed by atoms with Gasteiger partial charge in [-0.25, -0.2) is 0 Å². The molecule has 4 amide bonds. The smallest absolute Gasteiger partial charge is 0.544 e. The molecule has 68 heavy (non-hydrogen) atoms. The fourth-order valence-electron chi connectivity index (χ4n) is 3.36. The maximum atomic E-state index is 10.9. The fourth-order valence-corrected chi connectivity index (χ4v) is 8.30. The van der Waals surface area contributed by atoms with E-state index < -0.39 is 43.5 Å². The third kappa shape index (κ3) is 28.3. The van der Waals surface area contributed by atoms with Crippen molar-refractivity contribution in [2.75, 3.05) is 56.4 Å². The standard InChI is InChI=1S/2C10H8N2.C10H4O8S4.4C3H7NO.2Cu/c2*1-3-7-11-9(5-1)10-6-2-4-8-12-10;11-5(12)1-2(6(13)14)20-9(19-1)10-21-3(7(15)16)4(22-10)8(17)18;4*1-4(2)3-5;;/h2*1-8H;(H,11,12)(H,13,14)(H,15,16)(H,17,18);4*3H,1-2H3;;/q;;;;;;;2*+2/p-4. The molecule has 6 rings (SSSR count). The number of aliphatic carboxylic acids is 4. The molecule has 2 aliphatic rings. The van der Waals surface area contributed by atoms with E-state index in [1.165, 1.54) is 19.6 Å². The number of hydrogen-bond acceptors (Lipinski definition) is 20. The molecule has 4 aromatic rings. The van der Waals surface area contributed by atoms with E-state index in [-0.39, 0.29) is 42.6 Å². The predicted octanol–water partition coefficient (Wildman–Crippen LogP) is -0.404. The van der Waals surface area contributed by atoms with Gasteiger partial charge in [-0.2, -0.15) is 0 Å². The summed E-state index contributed by atoms with van der Waals surface area (Å²) in [4.78, 5) is 101. The Morgan fingerprint density at radius 3 is 0.647 bits per heavy atom. The zero-order chi connectivity index (χ0) is 50.2. The quantitative estimate of drug-likeness (QED) is 0.144. The summed E-state index contributed by atoms with van der Waals surface area (Å²) in [6, 6.07) is 23.2. The molecule has 0 unspecified atom stereocenters. The van der Waals surface area contributed by atoms with E-state index in [0.29, 0.717) is 47.0 Å². The molecule has 0 fully saturated rings. The first-order valence-electron chi connectivity index (χ1n) is 18.2. The third-order valence-electron chi connectivity index (χ3n) is 6.13. The third-order valence-corrected chi connectivity index (χ3v) is 11.8. The largest absolute Gasteiger partial charge is 2.00 e. The van der Waals surface area contributed by atoms with Gasteiger partial charge in [0, 0.05) is 81.2 Å². The average molecular weight is 1110 g/mol. The molecule has 370 valence electrons. The number of rotatable bonds is 10. The second-order valence-electron chi connectivity index (χ2n) is 12.6. The normalized spacial score (nSPS) is 11.3. The van der Waals surface area contributed by atoms with Crippen molar-refractivity contribution in [2.24, 2.45) is 0 Å². The summed E-state index contributed by atoms with van der Waals surface area (Å²) >= 11 is 2.10. The second kappa shape index (κ2) is 38.0. The topological polar surface area (TPSA) is 293 Å². The monoisotopic (exact) mass is 1110 g/mol. The maximum absolute atomic E-state index is 10.9. The molecule has 26 heteroatoms. The van der Waals surface area contributed by atoms with Crippen LogP contribution in [-0.2, 0) is 72.5 Å². The first-order chi connectivity index (χ1) is 31.2. The van der Waals surface area contributed by atoms with Crippen LogP contribution in [0.25, 0.3) is 22.8 Å². The number of aromatic nitrogens is 4. The minimum absolute atomic E-state index is 0. The summed E-state index contributed by atoms with van der Waals surface area (Å²) in [5.74, 6) is -6.91. The van der Waals surface area contributed by atoms with E-state index in [4.69, 9.17) is 0 Å². The Morgan fingerprint density at radius 1 is 0.382 bits per heavy atom. The van der Waals surface area contributed by atoms with Crippen molar-refractivity contribution >= 4 is 96.6 Å². The van der Waals surface area contributed by atoms with Crippen LogP contribution in [0.3, 0.4) is 0 Å². The molecule has 2 aliphatic heterocycles. The van der Waals surface area contributed by atoms with Crippen molar-refractivity contribution in [2.45, 2.75) is 0 Å². The van der Waals surface area contributed by atoms with Crippen LogP contribution in [0.5, 0.6) is 0 Å². The van der Waals surface area contributed by atoms with Crippen LogP contribution < -0.4 is 20.4 Å². The molecule has 0 saturated heterocycles. The van der Waals surface area contributed by atoms with Gasteiger partial charge in [-0.3, -0.25) is 39.1 Å². The molecule has 0 N–H and O–H groups in total. The summed E-state index contributed by atoms with van der Waals surface area (Å²) in [6.07, 6.45) is 10.1. The SMILES string of the molecule is CN(C)C=O.CN(C)C=O.CN(C)C=O.CN(C)C=O.O=C([O-])C1=C(C(=O)[O-])SC(=C2SC(C(=O)[O-])=C(C(=O)[O-])S2)S1.[Cu+2].[Cu+2].c1ccc(-c2ccccn2)nc1.c1ccc(-c2ccccn2)nc1. The van der Waals surface area contributed by atoms with Gasteiger partial charge in [0.2, 0.25) is 25.6 Å². The van der Waals surface area contributed by atoms with Crippen LogP contribution >= 0.6 is 47.0 Å². The number of carbonyl (C=O) groups is 8. The zero-order valence-corrected chi connectivity index (χ0v) is 42.4. The van der Waals surface area contributed by atoms with Crippen LogP contribution in [0.15, 0.2) is 126 Å². The minimum Gasteiger partial charge on any atom is -0.544 e. The average Bonchev–Trinajstić information content (AvgIpc) is 3.99. The van der Waals surface area contributed by atoms with Crippen molar-refractivity contribution in [3.8, 4) is 22.8 Å². The number of carboxylic acid groups (broad SMARTS) is 4. The van der Waals surface area contributed by atoms with E-state index in [1.807, 2.05) is 72.8 Å². The Kier molecular flexibility index (Phi) is 37.1. The second-order valence-corrected chi connectivity index (χ2v) is 17.2. The molecule has 6 heterocycles. The molecule has 0 aliphatic carbocycles. The van der Waals surface area contributed by atoms with Crippen LogP contribution in [0, 0.1) is 0 Å². The zero-order valence-electron chi connectivity index (χ0n) is 37.3. The van der Waals surface area contributed by atoms with Crippen molar-refractivity contribution in [1.82, 2.24) is 39.5 Å². The van der Waals surface area contributed by atoms with Gasteiger partial charge in [0.25, 0.3) is 0 Å². The predicted molar refractivity (Wildman–Crippen MR) is 245 cm³/mol. The van der Waals surface area contributed by atoms with Gasteiger partial charge in [-0.1, -0.05) is 71.3 Å². The number of thioether (sulfide) groups is 4. The molecule has 0 atom stereocenters. The summed E-state index contributed by atoms with van der Waals surface area (Å²) in [5, 5.41) is 43.5. The van der Waals surface area contributed by atoms with Gasteiger partial charge in [-0.15, -0.1) is 0 Å². The van der Waals surface area contributed by atoms with Gasteiger partial charge >= 0.3 is 34.1 Å². The Balaban J connectivity index is -0.000000792. The summed E-state index contributed by atoms with van der Waals surface area (Å²) in [5.41, 5.74) is 3.66. The van der Waals surface area contributed by atoms with Crippen molar-refractivity contribution in [3.63, 3.8) is 0 Å². The summed E-state index contributed by atoms with van der Waals surface area (Å²) < 4.78 is 0.201. The van der Waals surface area contributed by atoms with Crippen molar-refractivity contribution < 1.29 is 92.9 Å². The summed E-state index contributed by atoms with van der Waals surface area (Å²) in [7, 11) is 13.5. The molecule has 0 spiro atoms. The molecule has 4 aromatic heterocycles. The number of pyridine rings is 4. The minimum atomic E-state index is -1.73. The van der Waals surface area contributed by atoms with Crippen molar-refractivity contribution in [3.05, 3.63) is 126 Å². The van der Waals surface area contributed by atoms with E-state index in [1.54, 1.807) is 81.2 Å². The Hall–Kier alpha value is -5.98. The van der Waals surface area contributed by atoms with Gasteiger partial charge in [-0.05, 0) is 48.5 Å². The Morgan fingerprint density at radius 2 is 0.544 bits per heavy atom. The fraction of sp³-hybridized carbons (Fsp3) is 0.190. The van der Waals surface area contributed by atoms with Crippen molar-refractivity contribution in [1.29, 1.82) is 0 Å².